The van der Waals surface area contributed by atoms with E-state index in [0.29, 0.717) is 37.1 Å². The summed E-state index contributed by atoms with van der Waals surface area (Å²) in [5, 5.41) is 22.9. The number of hydrogen-bond acceptors (Lipinski definition) is 5. The van der Waals surface area contributed by atoms with Crippen LogP contribution in [0, 0.1) is 0 Å². The third-order valence-electron chi connectivity index (χ3n) is 7.36. The second-order valence-electron chi connectivity index (χ2n) is 10.6. The van der Waals surface area contributed by atoms with Crippen LogP contribution in [-0.4, -0.2) is 46.5 Å². The Kier molecular flexibility index (Phi) is 9.81. The predicted molar refractivity (Wildman–Crippen MR) is 145 cm³/mol. The van der Waals surface area contributed by atoms with Crippen LogP contribution in [0.15, 0.2) is 48.8 Å². The molecule has 1 atom stereocenters. The van der Waals surface area contributed by atoms with Crippen molar-refractivity contribution >= 4 is 5.91 Å². The summed E-state index contributed by atoms with van der Waals surface area (Å²) in [6.07, 6.45) is -9.94. The Morgan fingerprint density at radius 1 is 0.976 bits per heavy atom. The topological polar surface area (TPSA) is 82.0 Å². The number of nitrogens with one attached hydrogen (secondary N) is 1. The lowest BCUT2D eigenvalue weighted by Gasteiger charge is -2.33. The summed E-state index contributed by atoms with van der Waals surface area (Å²) in [4.78, 5) is 14.7. The number of alkyl halides is 6. The van der Waals surface area contributed by atoms with Gasteiger partial charge in [-0.2, -0.15) is 26.3 Å². The van der Waals surface area contributed by atoms with Crippen molar-refractivity contribution in [2.24, 2.45) is 0 Å². The van der Waals surface area contributed by atoms with E-state index >= 15 is 0 Å². The van der Waals surface area contributed by atoms with Crippen molar-refractivity contribution in [3.8, 4) is 11.5 Å². The van der Waals surface area contributed by atoms with E-state index in [1.807, 2.05) is 0 Å². The number of hydrogen-bond donors (Lipinski definition) is 3. The highest BCUT2D eigenvalue weighted by atomic mass is 19.4. The van der Waals surface area contributed by atoms with Gasteiger partial charge in [0.1, 0.15) is 22.9 Å². The van der Waals surface area contributed by atoms with Gasteiger partial charge in [-0.05, 0) is 73.6 Å². The fourth-order valence-electron chi connectivity index (χ4n) is 5.14. The molecule has 1 aliphatic heterocycles. The summed E-state index contributed by atoms with van der Waals surface area (Å²) in [5.41, 5.74) is -6.55. The first-order chi connectivity index (χ1) is 19.5. The van der Waals surface area contributed by atoms with Gasteiger partial charge < -0.3 is 20.3 Å². The van der Waals surface area contributed by atoms with Gasteiger partial charge in [-0.3, -0.25) is 9.69 Å². The Labute approximate surface area is 241 Å². The molecule has 3 rings (SSSR count). The zero-order chi connectivity index (χ0) is 31.5. The molecule has 0 saturated carbocycles. The molecule has 2 aromatic rings. The number of phenolic OH excluding ortho intramolecular Hbond substituents is 1. The van der Waals surface area contributed by atoms with Crippen molar-refractivity contribution in [1.82, 2.24) is 10.2 Å². The molecule has 232 valence electrons. The van der Waals surface area contributed by atoms with Crippen LogP contribution in [0.5, 0.6) is 11.5 Å². The smallest absolute Gasteiger partial charge is 0.430 e. The highest BCUT2D eigenvalue weighted by molar-refractivity contribution is 5.91. The number of ether oxygens (including phenoxy) is 1. The van der Waals surface area contributed by atoms with Crippen molar-refractivity contribution in [2.45, 2.75) is 82.8 Å². The van der Waals surface area contributed by atoms with Crippen LogP contribution in [0.2, 0.25) is 0 Å². The molecule has 2 aromatic carbocycles. The van der Waals surface area contributed by atoms with E-state index in [9.17, 15) is 41.4 Å². The number of halogens is 6. The Morgan fingerprint density at radius 2 is 1.55 bits per heavy atom. The predicted octanol–water partition coefficient (Wildman–Crippen LogP) is 6.59. The maximum Gasteiger partial charge on any atom is 0.430 e. The first-order valence-corrected chi connectivity index (χ1v) is 13.7. The monoisotopic (exact) mass is 602 g/mol. The normalized spacial score (nSPS) is 18.0. The van der Waals surface area contributed by atoms with Crippen LogP contribution in [0.25, 0.3) is 0 Å². The highest BCUT2D eigenvalue weighted by Gasteiger charge is 2.71. The van der Waals surface area contributed by atoms with E-state index in [-0.39, 0.29) is 54.5 Å². The standard InChI is InChI=1S/C30H36F6N2O4/c1-5-10-20-16-23(28(41,29(31,32)33)30(34,35)36)17-21(11-6-2)25(20)42-15-8-7-14-38-19(3)37-27(4,26(38)40)22-12-9-13-24(39)18-22/h9,12-13,16-18,37,39,41H,3,5-8,10-11,14-15H2,1-2,4H3. The first kappa shape index (κ1) is 33.1. The summed E-state index contributed by atoms with van der Waals surface area (Å²) in [6, 6.07) is 7.81. The zero-order valence-electron chi connectivity index (χ0n) is 23.8. The van der Waals surface area contributed by atoms with Crippen molar-refractivity contribution < 1.29 is 46.1 Å². The number of carbonyl (C=O) groups is 1. The van der Waals surface area contributed by atoms with Gasteiger partial charge in [0.15, 0.2) is 0 Å². The molecule has 0 aliphatic carbocycles. The number of phenols is 1. The minimum atomic E-state index is -5.98. The number of amides is 1. The Hall–Kier alpha value is -3.41. The zero-order valence-corrected chi connectivity index (χ0v) is 23.8. The summed E-state index contributed by atoms with van der Waals surface area (Å²) < 4.78 is 87.6. The third kappa shape index (κ3) is 6.33. The molecule has 12 heteroatoms. The van der Waals surface area contributed by atoms with E-state index < -0.39 is 29.1 Å². The molecule has 0 bridgehead atoms. The summed E-state index contributed by atoms with van der Waals surface area (Å²) in [5.74, 6) is 0.365. The third-order valence-corrected chi connectivity index (χ3v) is 7.36. The molecule has 1 fully saturated rings. The van der Waals surface area contributed by atoms with Crippen LogP contribution in [0.3, 0.4) is 0 Å². The second kappa shape index (κ2) is 12.4. The molecular formula is C30H36F6N2O4. The average Bonchev–Trinajstić information content (AvgIpc) is 3.11. The molecule has 0 radical (unpaired) electrons. The van der Waals surface area contributed by atoms with Crippen LogP contribution >= 0.6 is 0 Å². The van der Waals surface area contributed by atoms with Gasteiger partial charge in [0.2, 0.25) is 0 Å². The molecule has 1 aliphatic rings. The number of aliphatic hydroxyl groups is 1. The van der Waals surface area contributed by atoms with Gasteiger partial charge >= 0.3 is 12.4 Å². The van der Waals surface area contributed by atoms with E-state index in [1.165, 1.54) is 17.0 Å². The minimum absolute atomic E-state index is 0.0175. The summed E-state index contributed by atoms with van der Waals surface area (Å²) >= 11 is 0. The van der Waals surface area contributed by atoms with Crippen LogP contribution in [0.1, 0.15) is 68.7 Å². The molecule has 1 unspecified atom stereocenters. The molecule has 0 aromatic heterocycles. The summed E-state index contributed by atoms with van der Waals surface area (Å²) in [6.45, 7) is 9.45. The largest absolute Gasteiger partial charge is 0.508 e. The fourth-order valence-corrected chi connectivity index (χ4v) is 5.14. The lowest BCUT2D eigenvalue weighted by atomic mass is 9.87. The Morgan fingerprint density at radius 3 is 2.05 bits per heavy atom. The van der Waals surface area contributed by atoms with E-state index in [0.717, 1.165) is 12.1 Å². The number of rotatable bonds is 12. The van der Waals surface area contributed by atoms with Gasteiger partial charge in [-0.25, -0.2) is 0 Å². The van der Waals surface area contributed by atoms with Gasteiger partial charge in [0.25, 0.3) is 11.5 Å². The maximum absolute atomic E-state index is 13.6. The molecule has 42 heavy (non-hydrogen) atoms. The fraction of sp³-hybridized carbons (Fsp3) is 0.500. The Bertz CT molecular complexity index is 1250. The average molecular weight is 603 g/mol. The molecule has 3 N–H and O–H groups in total. The highest BCUT2D eigenvalue weighted by Crippen LogP contribution is 2.51. The molecule has 1 saturated heterocycles. The number of aromatic hydroxyl groups is 1. The van der Waals surface area contributed by atoms with Gasteiger partial charge in [0.05, 0.1) is 6.61 Å². The molecular weight excluding hydrogens is 566 g/mol. The van der Waals surface area contributed by atoms with Gasteiger partial charge in [0, 0.05) is 12.1 Å². The van der Waals surface area contributed by atoms with Crippen LogP contribution < -0.4 is 10.1 Å². The van der Waals surface area contributed by atoms with E-state index in [2.05, 4.69) is 11.9 Å². The maximum atomic E-state index is 13.6. The molecule has 1 heterocycles. The number of carbonyl (C=O) groups excluding carboxylic acids is 1. The van der Waals surface area contributed by atoms with Gasteiger partial charge in [-0.1, -0.05) is 45.4 Å². The molecule has 1 amide bonds. The molecule has 6 nitrogen and oxygen atoms in total. The Balaban J connectivity index is 1.76. The minimum Gasteiger partial charge on any atom is -0.508 e. The number of unbranched alkanes of at least 4 members (excludes halogenated alkanes) is 1. The quantitative estimate of drug-likeness (QED) is 0.189. The number of aryl methyl sites for hydroxylation is 2. The number of benzene rings is 2. The van der Waals surface area contributed by atoms with Crippen molar-refractivity contribution in [2.75, 3.05) is 13.2 Å². The lowest BCUT2D eigenvalue weighted by molar-refractivity contribution is -0.376. The number of nitrogens with zero attached hydrogens (tertiary/aromatic N) is 1. The SMILES string of the molecule is C=C1NC(C)(c2cccc(O)c2)C(=O)N1CCCCOc1c(CCC)cc(C(O)(C(F)(F)F)C(F)(F)F)cc1CCC. The van der Waals surface area contributed by atoms with Crippen molar-refractivity contribution in [1.29, 1.82) is 0 Å². The molecule has 0 spiro atoms. The first-order valence-electron chi connectivity index (χ1n) is 13.7. The van der Waals surface area contributed by atoms with Gasteiger partial charge in [-0.15, -0.1) is 0 Å². The van der Waals surface area contributed by atoms with Crippen molar-refractivity contribution in [3.05, 3.63) is 71.1 Å². The van der Waals surface area contributed by atoms with Crippen molar-refractivity contribution in [3.63, 3.8) is 0 Å². The van der Waals surface area contributed by atoms with E-state index in [1.54, 1.807) is 32.9 Å². The summed E-state index contributed by atoms with van der Waals surface area (Å²) in [7, 11) is 0. The lowest BCUT2D eigenvalue weighted by Crippen LogP contribution is -2.54. The van der Waals surface area contributed by atoms with Crippen LogP contribution in [0.4, 0.5) is 26.3 Å². The second-order valence-corrected chi connectivity index (χ2v) is 10.6. The van der Waals surface area contributed by atoms with E-state index in [4.69, 9.17) is 4.74 Å². The van der Waals surface area contributed by atoms with Crippen LogP contribution in [-0.2, 0) is 28.8 Å².